The zero-order chi connectivity index (χ0) is 22.8. The third kappa shape index (κ3) is 5.61. The fourth-order valence-corrected chi connectivity index (χ4v) is 4.82. The summed E-state index contributed by atoms with van der Waals surface area (Å²) in [7, 11) is -4.22. The molecule has 3 aromatic rings. The molecular formula is C21H21F4NO3S2. The Morgan fingerprint density at radius 3 is 2.52 bits per heavy atom. The van der Waals surface area contributed by atoms with Crippen LogP contribution in [0.2, 0.25) is 0 Å². The molecule has 0 saturated heterocycles. The average molecular weight is 476 g/mol. The number of rotatable bonds is 8. The first-order chi connectivity index (χ1) is 14.5. The van der Waals surface area contributed by atoms with E-state index in [1.807, 2.05) is 24.5 Å². The molecule has 0 spiro atoms. The molecule has 0 aliphatic carbocycles. The number of hydrogen-bond acceptors (Lipinski definition) is 3. The number of alkyl halides is 3. The second kappa shape index (κ2) is 9.22. The maximum Gasteiger partial charge on any atom is 0.416 e. The van der Waals surface area contributed by atoms with Gasteiger partial charge in [0.2, 0.25) is 0 Å². The minimum Gasteiger partial charge on any atom is -0.361 e. The number of nitrogens with one attached hydrogen (secondary N) is 1. The van der Waals surface area contributed by atoms with E-state index in [-0.39, 0.29) is 18.4 Å². The molecule has 168 valence electrons. The Morgan fingerprint density at radius 2 is 1.90 bits per heavy atom. The third-order valence-corrected chi connectivity index (χ3v) is 6.51. The van der Waals surface area contributed by atoms with Gasteiger partial charge in [0.1, 0.15) is 5.82 Å². The van der Waals surface area contributed by atoms with Crippen molar-refractivity contribution < 1.29 is 30.5 Å². The Hall–Kier alpha value is -2.04. The van der Waals surface area contributed by atoms with Gasteiger partial charge in [-0.3, -0.25) is 4.55 Å². The lowest BCUT2D eigenvalue weighted by Gasteiger charge is -2.19. The number of benzene rings is 2. The van der Waals surface area contributed by atoms with Gasteiger partial charge in [-0.2, -0.15) is 33.4 Å². The Balaban J connectivity index is 2.08. The predicted octanol–water partition coefficient (Wildman–Crippen LogP) is 5.99. The standard InChI is InChI=1S/C21H21F4NO3S2/c1-30-12-13-4-2-5-17-18(11-26-20(13)17)15(6-3-9-31(27,28)29)16-8-7-14(10-19(16)22)21(23,24)25/h2,4-5,7-8,10-11,15,26H,3,6,9,12H2,1H3,(H,27,28,29). The number of para-hydroxylation sites is 1. The average Bonchev–Trinajstić information content (AvgIpc) is 3.09. The predicted molar refractivity (Wildman–Crippen MR) is 114 cm³/mol. The molecule has 0 bridgehead atoms. The third-order valence-electron chi connectivity index (χ3n) is 5.11. The molecule has 1 atom stereocenters. The first-order valence-electron chi connectivity index (χ1n) is 9.41. The quantitative estimate of drug-likeness (QED) is 0.310. The maximum atomic E-state index is 14.8. The van der Waals surface area contributed by atoms with Gasteiger partial charge in [0.25, 0.3) is 10.1 Å². The minimum absolute atomic E-state index is 0.0150. The Bertz CT molecular complexity index is 1170. The van der Waals surface area contributed by atoms with Crippen LogP contribution in [-0.2, 0) is 22.0 Å². The van der Waals surface area contributed by atoms with Gasteiger partial charge in [-0.1, -0.05) is 24.3 Å². The van der Waals surface area contributed by atoms with Crippen molar-refractivity contribution in [3.63, 3.8) is 0 Å². The van der Waals surface area contributed by atoms with E-state index in [0.29, 0.717) is 11.6 Å². The number of thioether (sulfide) groups is 1. The van der Waals surface area contributed by atoms with Crippen molar-refractivity contribution in [3.8, 4) is 0 Å². The van der Waals surface area contributed by atoms with Crippen LogP contribution < -0.4 is 0 Å². The van der Waals surface area contributed by atoms with Gasteiger partial charge in [0.15, 0.2) is 0 Å². The van der Waals surface area contributed by atoms with Gasteiger partial charge in [-0.15, -0.1) is 0 Å². The van der Waals surface area contributed by atoms with Crippen LogP contribution in [0, 0.1) is 5.82 Å². The molecule has 4 nitrogen and oxygen atoms in total. The van der Waals surface area contributed by atoms with Crippen molar-refractivity contribution in [2.45, 2.75) is 30.7 Å². The number of H-pyrrole nitrogens is 1. The van der Waals surface area contributed by atoms with Gasteiger partial charge in [0, 0.05) is 28.8 Å². The smallest absolute Gasteiger partial charge is 0.361 e. The lowest BCUT2D eigenvalue weighted by Crippen LogP contribution is -2.11. The SMILES string of the molecule is CSCc1cccc2c(C(CCCS(=O)(=O)O)c3ccc(C(F)(F)F)cc3F)c[nH]c12. The van der Waals surface area contributed by atoms with Crippen molar-refractivity contribution in [1.82, 2.24) is 4.98 Å². The molecule has 31 heavy (non-hydrogen) atoms. The summed E-state index contributed by atoms with van der Waals surface area (Å²) in [5.41, 5.74) is 1.48. The van der Waals surface area contributed by atoms with E-state index in [2.05, 4.69) is 4.98 Å². The van der Waals surface area contributed by atoms with Crippen molar-refractivity contribution in [2.75, 3.05) is 12.0 Å². The first-order valence-corrected chi connectivity index (χ1v) is 12.4. The van der Waals surface area contributed by atoms with E-state index in [4.69, 9.17) is 4.55 Å². The molecule has 1 heterocycles. The van der Waals surface area contributed by atoms with Crippen LogP contribution in [0.3, 0.4) is 0 Å². The molecule has 0 saturated carbocycles. The number of fused-ring (bicyclic) bond motifs is 1. The van der Waals surface area contributed by atoms with Gasteiger partial charge < -0.3 is 4.98 Å². The summed E-state index contributed by atoms with van der Waals surface area (Å²) in [6, 6.07) is 8.01. The molecule has 0 aliphatic heterocycles. The van der Waals surface area contributed by atoms with Crippen LogP contribution in [0.25, 0.3) is 10.9 Å². The fraction of sp³-hybridized carbons (Fsp3) is 0.333. The molecule has 0 aliphatic rings. The molecule has 10 heteroatoms. The lowest BCUT2D eigenvalue weighted by atomic mass is 9.86. The maximum absolute atomic E-state index is 14.8. The summed E-state index contributed by atoms with van der Waals surface area (Å²) in [5.74, 6) is -1.49. The van der Waals surface area contributed by atoms with Gasteiger partial charge in [-0.05, 0) is 47.9 Å². The van der Waals surface area contributed by atoms with E-state index in [1.54, 1.807) is 18.0 Å². The molecule has 3 rings (SSSR count). The van der Waals surface area contributed by atoms with Crippen LogP contribution in [0.4, 0.5) is 17.6 Å². The number of hydrogen-bond donors (Lipinski definition) is 2. The van der Waals surface area contributed by atoms with E-state index in [9.17, 15) is 26.0 Å². The van der Waals surface area contributed by atoms with Crippen molar-refractivity contribution in [1.29, 1.82) is 0 Å². The first kappa shape index (κ1) is 23.6. The minimum atomic E-state index is -4.67. The van der Waals surface area contributed by atoms with E-state index < -0.39 is 39.3 Å². The summed E-state index contributed by atoms with van der Waals surface area (Å²) in [5, 5.41) is 0.794. The summed E-state index contributed by atoms with van der Waals surface area (Å²) in [6.07, 6.45) is -0.891. The molecule has 0 amide bonds. The summed E-state index contributed by atoms with van der Waals surface area (Å²) < 4.78 is 85.0. The Labute approximate surface area is 181 Å². The second-order valence-electron chi connectivity index (χ2n) is 7.23. The highest BCUT2D eigenvalue weighted by atomic mass is 32.2. The van der Waals surface area contributed by atoms with Crippen molar-refractivity contribution in [3.05, 3.63) is 70.7 Å². The highest BCUT2D eigenvalue weighted by molar-refractivity contribution is 7.97. The summed E-state index contributed by atoms with van der Waals surface area (Å²) in [6.45, 7) is 0. The van der Waals surface area contributed by atoms with E-state index >= 15 is 0 Å². The zero-order valence-electron chi connectivity index (χ0n) is 16.5. The van der Waals surface area contributed by atoms with Crippen LogP contribution in [0.5, 0.6) is 0 Å². The number of aromatic nitrogens is 1. The number of aromatic amines is 1. The molecule has 1 unspecified atom stereocenters. The Kier molecular flexibility index (Phi) is 7.02. The molecule has 2 aromatic carbocycles. The molecular weight excluding hydrogens is 454 g/mol. The highest BCUT2D eigenvalue weighted by Crippen LogP contribution is 2.38. The monoisotopic (exact) mass is 475 g/mol. The van der Waals surface area contributed by atoms with Crippen molar-refractivity contribution in [2.24, 2.45) is 0 Å². The second-order valence-corrected chi connectivity index (χ2v) is 9.67. The van der Waals surface area contributed by atoms with E-state index in [1.165, 1.54) is 0 Å². The summed E-state index contributed by atoms with van der Waals surface area (Å²) in [4.78, 5) is 3.17. The van der Waals surface area contributed by atoms with Crippen molar-refractivity contribution >= 4 is 32.8 Å². The highest BCUT2D eigenvalue weighted by Gasteiger charge is 2.32. The normalized spacial score (nSPS) is 13.6. The number of halogens is 4. The zero-order valence-corrected chi connectivity index (χ0v) is 18.2. The van der Waals surface area contributed by atoms with Crippen LogP contribution in [0.1, 0.15) is 41.0 Å². The molecule has 0 radical (unpaired) electrons. The van der Waals surface area contributed by atoms with Crippen LogP contribution in [0.15, 0.2) is 42.6 Å². The lowest BCUT2D eigenvalue weighted by molar-refractivity contribution is -0.137. The molecule has 2 N–H and O–H groups in total. The summed E-state index contributed by atoms with van der Waals surface area (Å²) >= 11 is 1.63. The largest absolute Gasteiger partial charge is 0.416 e. The van der Waals surface area contributed by atoms with Gasteiger partial charge in [0.05, 0.1) is 11.3 Å². The molecule has 0 fully saturated rings. The fourth-order valence-electron chi connectivity index (χ4n) is 3.74. The molecule has 1 aromatic heterocycles. The van der Waals surface area contributed by atoms with Crippen LogP contribution >= 0.6 is 11.8 Å². The van der Waals surface area contributed by atoms with Gasteiger partial charge in [-0.25, -0.2) is 4.39 Å². The van der Waals surface area contributed by atoms with Gasteiger partial charge >= 0.3 is 6.18 Å². The van der Waals surface area contributed by atoms with Crippen LogP contribution in [-0.4, -0.2) is 30.0 Å². The topological polar surface area (TPSA) is 70.2 Å². The Morgan fingerprint density at radius 1 is 1.16 bits per heavy atom. The van der Waals surface area contributed by atoms with E-state index in [0.717, 1.165) is 34.4 Å².